The maximum Gasteiger partial charge on any atom is 0.353 e. The summed E-state index contributed by atoms with van der Waals surface area (Å²) in [6, 6.07) is 0. The highest BCUT2D eigenvalue weighted by molar-refractivity contribution is 8.05. The molecule has 8 heteroatoms. The van der Waals surface area contributed by atoms with Crippen molar-refractivity contribution in [3.8, 4) is 0 Å². The molecule has 0 aromatic heterocycles. The zero-order valence-electron chi connectivity index (χ0n) is 8.88. The summed E-state index contributed by atoms with van der Waals surface area (Å²) in [6.45, 7) is 1.48. The molecule has 0 aromatic carbocycles. The van der Waals surface area contributed by atoms with Gasteiger partial charge in [0.15, 0.2) is 0 Å². The molecule has 0 aliphatic carbocycles. The van der Waals surface area contributed by atoms with Crippen molar-refractivity contribution in [2.45, 2.75) is 18.4 Å². The van der Waals surface area contributed by atoms with E-state index in [0.717, 1.165) is 16.7 Å². The van der Waals surface area contributed by atoms with Crippen LogP contribution in [0.25, 0.3) is 0 Å². The summed E-state index contributed by atoms with van der Waals surface area (Å²) >= 11 is 1.04. The van der Waals surface area contributed by atoms with E-state index in [1.165, 1.54) is 6.92 Å². The Kier molecular flexibility index (Phi) is 2.63. The van der Waals surface area contributed by atoms with E-state index in [2.05, 4.69) is 0 Å². The highest BCUT2D eigenvalue weighted by Gasteiger charge is 2.58. The molecular weight excluding hydrogens is 246 g/mol. The number of hydrogen-bond donors (Lipinski definition) is 4. The Hall–Kier alpha value is -1.54. The summed E-state index contributed by atoms with van der Waals surface area (Å²) in [5.74, 6) is -2.74. The third-order valence-electron chi connectivity index (χ3n) is 2.75. The van der Waals surface area contributed by atoms with Gasteiger partial charge in [-0.25, -0.2) is 4.79 Å². The summed E-state index contributed by atoms with van der Waals surface area (Å²) in [4.78, 5) is 23.9. The molecule has 1 saturated heterocycles. The van der Waals surface area contributed by atoms with Crippen LogP contribution in [0.1, 0.15) is 6.92 Å². The van der Waals surface area contributed by atoms with Crippen LogP contribution in [0.3, 0.4) is 0 Å². The number of thioether (sulfide) groups is 1. The summed E-state index contributed by atoms with van der Waals surface area (Å²) in [5, 5.41) is 25.3. The zero-order valence-corrected chi connectivity index (χ0v) is 9.69. The number of hydrogen-bond acceptors (Lipinski definition) is 5. The van der Waals surface area contributed by atoms with Crippen molar-refractivity contribution in [2.75, 3.05) is 0 Å². The van der Waals surface area contributed by atoms with E-state index in [-0.39, 0.29) is 16.4 Å². The minimum absolute atomic E-state index is 0.0824. The fourth-order valence-corrected chi connectivity index (χ4v) is 3.44. The van der Waals surface area contributed by atoms with Gasteiger partial charge in [0.25, 0.3) is 0 Å². The fraction of sp³-hybridized carbons (Fsp3) is 0.444. The van der Waals surface area contributed by atoms with Gasteiger partial charge in [-0.05, 0) is 6.92 Å². The van der Waals surface area contributed by atoms with Crippen molar-refractivity contribution < 1.29 is 19.8 Å². The SMILES string of the molecule is CC(O)C1C(=O)N2C(C(=O)O)=C(C(=N)N)S[C@@H]12. The van der Waals surface area contributed by atoms with Crippen molar-refractivity contribution in [2.24, 2.45) is 11.7 Å². The van der Waals surface area contributed by atoms with Gasteiger partial charge < -0.3 is 15.9 Å². The van der Waals surface area contributed by atoms with Gasteiger partial charge in [0.05, 0.1) is 16.9 Å². The Morgan fingerprint density at radius 3 is 2.65 bits per heavy atom. The van der Waals surface area contributed by atoms with Crippen LogP contribution < -0.4 is 5.73 Å². The molecular formula is C9H11N3O4S. The van der Waals surface area contributed by atoms with Crippen molar-refractivity contribution in [3.63, 3.8) is 0 Å². The standard InChI is InChI=1S/C9H11N3O4S/c1-2(13)3-7(14)12-4(9(15)16)5(6(10)11)17-8(3)12/h2-3,8,13H,1H3,(H3,10,11)(H,15,16)/t2?,3?,8-/m0/s1. The fourth-order valence-electron chi connectivity index (χ4n) is 1.97. The number of nitrogens with one attached hydrogen (secondary N) is 1. The molecule has 2 rings (SSSR count). The van der Waals surface area contributed by atoms with Gasteiger partial charge in [-0.2, -0.15) is 0 Å². The maximum absolute atomic E-state index is 11.7. The van der Waals surface area contributed by atoms with E-state index in [1.807, 2.05) is 0 Å². The van der Waals surface area contributed by atoms with Crippen LogP contribution in [0.15, 0.2) is 10.6 Å². The number of amides is 1. The summed E-state index contributed by atoms with van der Waals surface area (Å²) in [7, 11) is 0. The van der Waals surface area contributed by atoms with Gasteiger partial charge in [0.1, 0.15) is 16.9 Å². The van der Waals surface area contributed by atoms with Crippen molar-refractivity contribution in [3.05, 3.63) is 10.6 Å². The minimum atomic E-state index is -1.29. The number of aliphatic hydroxyl groups is 1. The molecule has 7 nitrogen and oxygen atoms in total. The monoisotopic (exact) mass is 257 g/mol. The van der Waals surface area contributed by atoms with Gasteiger partial charge in [-0.15, -0.1) is 0 Å². The van der Waals surface area contributed by atoms with Crippen LogP contribution in [-0.2, 0) is 9.59 Å². The van der Waals surface area contributed by atoms with E-state index in [0.29, 0.717) is 0 Å². The first-order valence-corrected chi connectivity index (χ1v) is 5.74. The Morgan fingerprint density at radius 2 is 2.24 bits per heavy atom. The lowest BCUT2D eigenvalue weighted by Gasteiger charge is -2.43. The van der Waals surface area contributed by atoms with Crippen molar-refractivity contribution >= 4 is 29.5 Å². The molecule has 92 valence electrons. The molecule has 0 radical (unpaired) electrons. The van der Waals surface area contributed by atoms with Crippen LogP contribution in [-0.4, -0.2) is 44.3 Å². The zero-order chi connectivity index (χ0) is 12.9. The summed E-state index contributed by atoms with van der Waals surface area (Å²) in [6.07, 6.45) is -0.849. The predicted molar refractivity (Wildman–Crippen MR) is 60.0 cm³/mol. The lowest BCUT2D eigenvalue weighted by Crippen LogP contribution is -2.60. The second-order valence-corrected chi connectivity index (χ2v) is 5.01. The summed E-state index contributed by atoms with van der Waals surface area (Å²) < 4.78 is 0. The molecule has 0 saturated carbocycles. The Labute approximate surface area is 101 Å². The number of nitrogens with zero attached hydrogens (tertiary/aromatic N) is 1. The van der Waals surface area contributed by atoms with Gasteiger partial charge in [-0.1, -0.05) is 11.8 Å². The maximum atomic E-state index is 11.7. The molecule has 0 aromatic rings. The predicted octanol–water partition coefficient (Wildman–Crippen LogP) is -0.869. The lowest BCUT2D eigenvalue weighted by molar-refractivity contribution is -0.156. The molecule has 5 N–H and O–H groups in total. The van der Waals surface area contributed by atoms with E-state index < -0.39 is 29.3 Å². The molecule has 2 heterocycles. The van der Waals surface area contributed by atoms with Gasteiger partial charge >= 0.3 is 5.97 Å². The third-order valence-corrected chi connectivity index (χ3v) is 4.14. The second kappa shape index (κ2) is 3.74. The highest BCUT2D eigenvalue weighted by Crippen LogP contribution is 2.50. The van der Waals surface area contributed by atoms with Crippen LogP contribution in [0, 0.1) is 11.3 Å². The number of rotatable bonds is 3. The number of aliphatic carboxylic acids is 1. The first kappa shape index (κ1) is 11.9. The first-order chi connectivity index (χ1) is 7.86. The normalized spacial score (nSPS) is 28.8. The van der Waals surface area contributed by atoms with E-state index in [1.54, 1.807) is 0 Å². The second-order valence-electron chi connectivity index (χ2n) is 3.88. The van der Waals surface area contributed by atoms with Crippen LogP contribution >= 0.6 is 11.8 Å². The largest absolute Gasteiger partial charge is 0.477 e. The minimum Gasteiger partial charge on any atom is -0.477 e. The average Bonchev–Trinajstić information content (AvgIpc) is 2.52. The highest BCUT2D eigenvalue weighted by atomic mass is 32.2. The Balaban J connectivity index is 2.36. The van der Waals surface area contributed by atoms with Crippen LogP contribution in [0.2, 0.25) is 0 Å². The number of β-lactam (4-membered cyclic amide) rings is 1. The molecule has 2 aliphatic heterocycles. The molecule has 2 unspecified atom stereocenters. The quantitative estimate of drug-likeness (QED) is 0.295. The Morgan fingerprint density at radius 1 is 1.65 bits per heavy atom. The molecule has 0 spiro atoms. The van der Waals surface area contributed by atoms with E-state index in [9.17, 15) is 14.7 Å². The van der Waals surface area contributed by atoms with Gasteiger partial charge in [-0.3, -0.25) is 15.1 Å². The average molecular weight is 257 g/mol. The number of carbonyl (C=O) groups is 2. The van der Waals surface area contributed by atoms with Crippen LogP contribution in [0.5, 0.6) is 0 Å². The lowest BCUT2D eigenvalue weighted by atomic mass is 9.92. The third kappa shape index (κ3) is 1.52. The Bertz CT molecular complexity index is 459. The number of fused-ring (bicyclic) bond motifs is 1. The number of aliphatic hydroxyl groups excluding tert-OH is 1. The number of carboxylic acid groups (broad SMARTS) is 1. The first-order valence-electron chi connectivity index (χ1n) is 4.86. The number of amidine groups is 1. The van der Waals surface area contributed by atoms with Gasteiger partial charge in [0.2, 0.25) is 5.91 Å². The molecule has 0 bridgehead atoms. The molecule has 3 atom stereocenters. The van der Waals surface area contributed by atoms with E-state index >= 15 is 0 Å². The topological polar surface area (TPSA) is 128 Å². The van der Waals surface area contributed by atoms with Gasteiger partial charge in [0, 0.05) is 0 Å². The number of nitrogens with two attached hydrogens (primary N) is 1. The molecule has 2 aliphatic rings. The number of carboxylic acids is 1. The number of carbonyl (C=O) groups excluding carboxylic acids is 1. The van der Waals surface area contributed by atoms with Crippen LogP contribution in [0.4, 0.5) is 0 Å². The molecule has 1 fully saturated rings. The molecule has 1 amide bonds. The van der Waals surface area contributed by atoms with Crippen molar-refractivity contribution in [1.82, 2.24) is 4.90 Å². The van der Waals surface area contributed by atoms with Crippen molar-refractivity contribution in [1.29, 1.82) is 5.41 Å². The molecule has 17 heavy (non-hydrogen) atoms. The van der Waals surface area contributed by atoms with E-state index in [4.69, 9.17) is 16.2 Å². The smallest absolute Gasteiger partial charge is 0.353 e. The summed E-state index contributed by atoms with van der Waals surface area (Å²) in [5.41, 5.74) is 5.03.